The standard InChI is InChI=1S/C16H20N2O/c17-15-10-12-18(13-11-15)16(19)9-5-4-8-14-6-2-1-3-7-14/h1-9,15H,10-13,17H2/b8-4+,9-5+. The van der Waals surface area contributed by atoms with E-state index in [1.165, 1.54) is 0 Å². The Morgan fingerprint density at radius 3 is 2.53 bits per heavy atom. The van der Waals surface area contributed by atoms with Crippen molar-refractivity contribution < 1.29 is 4.79 Å². The second-order valence-electron chi connectivity index (χ2n) is 4.79. The zero-order chi connectivity index (χ0) is 13.5. The summed E-state index contributed by atoms with van der Waals surface area (Å²) in [6.07, 6.45) is 9.10. The second-order valence-corrected chi connectivity index (χ2v) is 4.79. The van der Waals surface area contributed by atoms with Gasteiger partial charge in [0, 0.05) is 25.2 Å². The number of hydrogen-bond acceptors (Lipinski definition) is 2. The summed E-state index contributed by atoms with van der Waals surface area (Å²) in [6.45, 7) is 1.54. The van der Waals surface area contributed by atoms with Gasteiger partial charge >= 0.3 is 0 Å². The SMILES string of the molecule is NC1CCN(C(=O)/C=C/C=C/c2ccccc2)CC1. The molecule has 1 fully saturated rings. The predicted molar refractivity (Wildman–Crippen MR) is 78.4 cm³/mol. The molecule has 19 heavy (non-hydrogen) atoms. The number of rotatable bonds is 3. The molecule has 0 atom stereocenters. The summed E-state index contributed by atoms with van der Waals surface area (Å²) in [5.41, 5.74) is 6.94. The number of hydrogen-bond donors (Lipinski definition) is 1. The molecule has 2 N–H and O–H groups in total. The van der Waals surface area contributed by atoms with Gasteiger partial charge in [-0.05, 0) is 18.4 Å². The van der Waals surface area contributed by atoms with Gasteiger partial charge in [0.05, 0.1) is 0 Å². The minimum atomic E-state index is 0.0737. The molecule has 1 aliphatic rings. The first-order valence-corrected chi connectivity index (χ1v) is 6.70. The lowest BCUT2D eigenvalue weighted by molar-refractivity contribution is -0.127. The van der Waals surface area contributed by atoms with E-state index in [4.69, 9.17) is 5.73 Å². The van der Waals surface area contributed by atoms with Gasteiger partial charge in [-0.2, -0.15) is 0 Å². The Kier molecular flexibility index (Phi) is 4.93. The number of nitrogens with two attached hydrogens (primary N) is 1. The van der Waals surface area contributed by atoms with E-state index < -0.39 is 0 Å². The summed E-state index contributed by atoms with van der Waals surface area (Å²) in [5, 5.41) is 0. The van der Waals surface area contributed by atoms with Crippen molar-refractivity contribution in [1.82, 2.24) is 4.90 Å². The molecule has 0 bridgehead atoms. The van der Waals surface area contributed by atoms with Gasteiger partial charge in [-0.25, -0.2) is 0 Å². The molecule has 0 saturated carbocycles. The molecule has 1 saturated heterocycles. The summed E-state index contributed by atoms with van der Waals surface area (Å²) in [5.74, 6) is 0.0737. The Morgan fingerprint density at radius 2 is 1.84 bits per heavy atom. The van der Waals surface area contributed by atoms with E-state index in [9.17, 15) is 4.79 Å². The van der Waals surface area contributed by atoms with Crippen LogP contribution in [0.15, 0.2) is 48.6 Å². The molecule has 3 heteroatoms. The summed E-state index contributed by atoms with van der Waals surface area (Å²) in [7, 11) is 0. The maximum absolute atomic E-state index is 11.9. The number of allylic oxidation sites excluding steroid dienone is 2. The number of amides is 1. The van der Waals surface area contributed by atoms with E-state index >= 15 is 0 Å². The maximum Gasteiger partial charge on any atom is 0.246 e. The summed E-state index contributed by atoms with van der Waals surface area (Å²) in [4.78, 5) is 13.7. The van der Waals surface area contributed by atoms with E-state index in [1.54, 1.807) is 12.2 Å². The Morgan fingerprint density at radius 1 is 1.16 bits per heavy atom. The molecule has 0 spiro atoms. The molecule has 3 nitrogen and oxygen atoms in total. The van der Waals surface area contributed by atoms with Gasteiger partial charge < -0.3 is 10.6 Å². The highest BCUT2D eigenvalue weighted by Gasteiger charge is 2.18. The third kappa shape index (κ3) is 4.38. The molecule has 0 aromatic heterocycles. The third-order valence-corrected chi connectivity index (χ3v) is 3.29. The number of nitrogens with zero attached hydrogens (tertiary/aromatic N) is 1. The molecule has 0 aliphatic carbocycles. The molecule has 1 aromatic rings. The van der Waals surface area contributed by atoms with E-state index in [1.807, 2.05) is 47.4 Å². The van der Waals surface area contributed by atoms with Gasteiger partial charge in [0.15, 0.2) is 0 Å². The van der Waals surface area contributed by atoms with Crippen LogP contribution in [0, 0.1) is 0 Å². The normalized spacial score (nSPS) is 17.4. The van der Waals surface area contributed by atoms with E-state index in [2.05, 4.69) is 0 Å². The minimum Gasteiger partial charge on any atom is -0.339 e. The van der Waals surface area contributed by atoms with Gasteiger partial charge in [0.1, 0.15) is 0 Å². The van der Waals surface area contributed by atoms with Crippen LogP contribution in [-0.2, 0) is 4.79 Å². The van der Waals surface area contributed by atoms with Crippen LogP contribution in [0.2, 0.25) is 0 Å². The van der Waals surface area contributed by atoms with Crippen LogP contribution in [0.3, 0.4) is 0 Å². The molecular weight excluding hydrogens is 236 g/mol. The summed E-state index contributed by atoms with van der Waals surface area (Å²) in [6, 6.07) is 10.3. The first-order valence-electron chi connectivity index (χ1n) is 6.70. The molecule has 1 aromatic carbocycles. The van der Waals surface area contributed by atoms with Gasteiger partial charge in [-0.1, -0.05) is 48.6 Å². The van der Waals surface area contributed by atoms with E-state index in [-0.39, 0.29) is 11.9 Å². The fourth-order valence-corrected chi connectivity index (χ4v) is 2.09. The topological polar surface area (TPSA) is 46.3 Å². The van der Waals surface area contributed by atoms with Crippen LogP contribution in [0.5, 0.6) is 0 Å². The molecule has 2 rings (SSSR count). The molecule has 0 unspecified atom stereocenters. The van der Waals surface area contributed by atoms with E-state index in [0.29, 0.717) is 0 Å². The number of carbonyl (C=O) groups is 1. The zero-order valence-electron chi connectivity index (χ0n) is 11.0. The maximum atomic E-state index is 11.9. The molecular formula is C16H20N2O. The van der Waals surface area contributed by atoms with Crippen molar-refractivity contribution in [3.8, 4) is 0 Å². The van der Waals surface area contributed by atoms with E-state index in [0.717, 1.165) is 31.5 Å². The lowest BCUT2D eigenvalue weighted by Crippen LogP contribution is -2.42. The summed E-state index contributed by atoms with van der Waals surface area (Å²) >= 11 is 0. The average molecular weight is 256 g/mol. The van der Waals surface area contributed by atoms with Crippen molar-refractivity contribution in [2.24, 2.45) is 5.73 Å². The van der Waals surface area contributed by atoms with Gasteiger partial charge in [-0.3, -0.25) is 4.79 Å². The van der Waals surface area contributed by atoms with Crippen molar-refractivity contribution in [3.63, 3.8) is 0 Å². The van der Waals surface area contributed by atoms with Crippen LogP contribution in [0.25, 0.3) is 6.08 Å². The highest BCUT2D eigenvalue weighted by molar-refractivity contribution is 5.88. The first kappa shape index (κ1) is 13.6. The summed E-state index contributed by atoms with van der Waals surface area (Å²) < 4.78 is 0. The molecule has 0 radical (unpaired) electrons. The first-order chi connectivity index (χ1) is 9.25. The van der Waals surface area contributed by atoms with Crippen molar-refractivity contribution in [2.75, 3.05) is 13.1 Å². The molecule has 1 aliphatic heterocycles. The van der Waals surface area contributed by atoms with Crippen LogP contribution in [0.4, 0.5) is 0 Å². The average Bonchev–Trinajstić information content (AvgIpc) is 2.45. The van der Waals surface area contributed by atoms with Crippen LogP contribution < -0.4 is 5.73 Å². The number of benzene rings is 1. The van der Waals surface area contributed by atoms with Gasteiger partial charge in [0.25, 0.3) is 0 Å². The van der Waals surface area contributed by atoms with Crippen molar-refractivity contribution in [1.29, 1.82) is 0 Å². The Labute approximate surface area is 114 Å². The zero-order valence-corrected chi connectivity index (χ0v) is 11.0. The quantitative estimate of drug-likeness (QED) is 0.665. The van der Waals surface area contributed by atoms with Crippen LogP contribution in [0.1, 0.15) is 18.4 Å². The minimum absolute atomic E-state index is 0.0737. The lowest BCUT2D eigenvalue weighted by Gasteiger charge is -2.29. The Balaban J connectivity index is 1.82. The Bertz CT molecular complexity index is 457. The van der Waals surface area contributed by atoms with Crippen molar-refractivity contribution in [3.05, 3.63) is 54.1 Å². The Hall–Kier alpha value is -1.87. The smallest absolute Gasteiger partial charge is 0.246 e. The number of likely N-dealkylation sites (tertiary alicyclic amines) is 1. The highest BCUT2D eigenvalue weighted by atomic mass is 16.2. The predicted octanol–water partition coefficient (Wildman–Crippen LogP) is 2.21. The van der Waals surface area contributed by atoms with Crippen molar-refractivity contribution >= 4 is 12.0 Å². The fourth-order valence-electron chi connectivity index (χ4n) is 2.09. The largest absolute Gasteiger partial charge is 0.339 e. The number of carbonyl (C=O) groups excluding carboxylic acids is 1. The van der Waals surface area contributed by atoms with Gasteiger partial charge in [0.2, 0.25) is 5.91 Å². The van der Waals surface area contributed by atoms with Gasteiger partial charge in [-0.15, -0.1) is 0 Å². The fraction of sp³-hybridized carbons (Fsp3) is 0.312. The molecule has 100 valence electrons. The third-order valence-electron chi connectivity index (χ3n) is 3.29. The molecule has 1 amide bonds. The molecule has 1 heterocycles. The van der Waals surface area contributed by atoms with Crippen LogP contribution >= 0.6 is 0 Å². The number of piperidine rings is 1. The monoisotopic (exact) mass is 256 g/mol. The van der Waals surface area contributed by atoms with Crippen molar-refractivity contribution in [2.45, 2.75) is 18.9 Å². The second kappa shape index (κ2) is 6.90. The highest BCUT2D eigenvalue weighted by Crippen LogP contribution is 2.08. The van der Waals surface area contributed by atoms with Crippen LogP contribution in [-0.4, -0.2) is 29.9 Å². The lowest BCUT2D eigenvalue weighted by atomic mass is 10.1.